The van der Waals surface area contributed by atoms with E-state index in [1.807, 2.05) is 48.1 Å². The van der Waals surface area contributed by atoms with Crippen molar-refractivity contribution in [3.8, 4) is 11.3 Å². The molecule has 5 rings (SSSR count). The predicted molar refractivity (Wildman–Crippen MR) is 154 cm³/mol. The van der Waals surface area contributed by atoms with Gasteiger partial charge in [0.15, 0.2) is 5.82 Å². The Morgan fingerprint density at radius 3 is 2.82 bits per heavy atom. The summed E-state index contributed by atoms with van der Waals surface area (Å²) >= 11 is 0. The summed E-state index contributed by atoms with van der Waals surface area (Å²) in [5.41, 5.74) is 9.10. The molecule has 0 saturated heterocycles. The third-order valence-electron chi connectivity index (χ3n) is 7.18. The van der Waals surface area contributed by atoms with Gasteiger partial charge in [-0.05, 0) is 47.9 Å². The first-order chi connectivity index (χ1) is 18.5. The minimum atomic E-state index is 0.491. The Bertz CT molecular complexity index is 1490. The molecule has 0 aliphatic heterocycles. The maximum atomic E-state index is 4.96. The van der Waals surface area contributed by atoms with Crippen molar-refractivity contribution in [2.75, 3.05) is 12.4 Å². The van der Waals surface area contributed by atoms with Crippen LogP contribution in [0.5, 0.6) is 0 Å². The molecule has 1 aliphatic carbocycles. The van der Waals surface area contributed by atoms with Gasteiger partial charge in [0.2, 0.25) is 5.95 Å². The number of hydrogen-bond acceptors (Lipinski definition) is 6. The number of nitrogens with one attached hydrogen (secondary N) is 1. The number of hydrogen-bond donors (Lipinski definition) is 1. The molecular formula is C30H36N8. The van der Waals surface area contributed by atoms with Gasteiger partial charge in [0.05, 0.1) is 17.1 Å². The molecule has 8 heteroatoms. The molecule has 3 aromatic heterocycles. The van der Waals surface area contributed by atoms with E-state index in [0.29, 0.717) is 11.9 Å². The summed E-state index contributed by atoms with van der Waals surface area (Å²) in [7, 11) is 3.86. The predicted octanol–water partition coefficient (Wildman–Crippen LogP) is 5.66. The Morgan fingerprint density at radius 1 is 1.18 bits per heavy atom. The van der Waals surface area contributed by atoms with Gasteiger partial charge in [0.25, 0.3) is 0 Å². The van der Waals surface area contributed by atoms with Crippen LogP contribution in [0.3, 0.4) is 0 Å². The van der Waals surface area contributed by atoms with Crippen LogP contribution in [0.2, 0.25) is 0 Å². The topological polar surface area (TPSA) is 85.8 Å². The zero-order valence-corrected chi connectivity index (χ0v) is 22.9. The Hall–Kier alpha value is -4.07. The van der Waals surface area contributed by atoms with Crippen molar-refractivity contribution in [2.24, 2.45) is 18.0 Å². The number of aliphatic imine (C=N–C) groups is 1. The summed E-state index contributed by atoms with van der Waals surface area (Å²) in [6, 6.07) is 10.7. The van der Waals surface area contributed by atoms with Gasteiger partial charge in [-0.2, -0.15) is 10.2 Å². The molecular weight excluding hydrogens is 472 g/mol. The van der Waals surface area contributed by atoms with Crippen LogP contribution in [0.15, 0.2) is 53.8 Å². The van der Waals surface area contributed by atoms with E-state index >= 15 is 0 Å². The van der Waals surface area contributed by atoms with Gasteiger partial charge in [-0.15, -0.1) is 0 Å². The Balaban J connectivity index is 1.49. The highest BCUT2D eigenvalue weighted by Gasteiger charge is 2.26. The van der Waals surface area contributed by atoms with Crippen molar-refractivity contribution in [2.45, 2.75) is 53.0 Å². The van der Waals surface area contributed by atoms with Crippen molar-refractivity contribution in [3.05, 3.63) is 76.9 Å². The lowest BCUT2D eigenvalue weighted by Crippen LogP contribution is -2.09. The average Bonchev–Trinajstić information content (AvgIpc) is 3.52. The normalized spacial score (nSPS) is 14.0. The minimum absolute atomic E-state index is 0.491. The first-order valence-electron chi connectivity index (χ1n) is 13.4. The van der Waals surface area contributed by atoms with Crippen LogP contribution in [0.1, 0.15) is 55.3 Å². The molecule has 1 unspecified atom stereocenters. The van der Waals surface area contributed by atoms with Crippen LogP contribution in [-0.4, -0.2) is 42.8 Å². The SMILES string of the molecule is CCC(C)/C=C(\C=NC)c1cccc(Cc2c3c(nn2C)CCc2cnc(Nc4ccn(CC)n4)nc2-3)c1. The highest BCUT2D eigenvalue weighted by atomic mass is 15.3. The summed E-state index contributed by atoms with van der Waals surface area (Å²) in [6.45, 7) is 7.33. The molecule has 1 N–H and O–H groups in total. The lowest BCUT2D eigenvalue weighted by molar-refractivity contribution is 0.662. The quantitative estimate of drug-likeness (QED) is 0.295. The number of benzene rings is 1. The van der Waals surface area contributed by atoms with Crippen LogP contribution in [0.25, 0.3) is 16.8 Å². The summed E-state index contributed by atoms with van der Waals surface area (Å²) in [4.78, 5) is 13.9. The number of rotatable bonds is 9. The van der Waals surface area contributed by atoms with E-state index in [9.17, 15) is 0 Å². The Morgan fingerprint density at radius 2 is 2.05 bits per heavy atom. The maximum Gasteiger partial charge on any atom is 0.228 e. The first kappa shape index (κ1) is 25.6. The van der Waals surface area contributed by atoms with Gasteiger partial charge in [0.1, 0.15) is 0 Å². The smallest absolute Gasteiger partial charge is 0.228 e. The molecule has 0 radical (unpaired) electrons. The van der Waals surface area contributed by atoms with Gasteiger partial charge < -0.3 is 5.32 Å². The zero-order valence-electron chi connectivity index (χ0n) is 22.9. The van der Waals surface area contributed by atoms with Crippen LogP contribution in [-0.2, 0) is 32.9 Å². The third-order valence-corrected chi connectivity index (χ3v) is 7.18. The van der Waals surface area contributed by atoms with Crippen molar-refractivity contribution in [1.82, 2.24) is 29.5 Å². The molecule has 4 aromatic rings. The molecule has 0 saturated carbocycles. The van der Waals surface area contributed by atoms with Crippen molar-refractivity contribution in [1.29, 1.82) is 0 Å². The second kappa shape index (κ2) is 11.1. The summed E-state index contributed by atoms with van der Waals surface area (Å²) in [5.74, 6) is 1.78. The molecule has 0 bridgehead atoms. The van der Waals surface area contributed by atoms with Crippen molar-refractivity contribution < 1.29 is 0 Å². The number of nitrogens with zero attached hydrogens (tertiary/aromatic N) is 7. The molecule has 0 amide bonds. The molecule has 196 valence electrons. The monoisotopic (exact) mass is 508 g/mol. The molecule has 8 nitrogen and oxygen atoms in total. The number of anilines is 2. The summed E-state index contributed by atoms with van der Waals surface area (Å²) < 4.78 is 3.90. The third kappa shape index (κ3) is 5.30. The van der Waals surface area contributed by atoms with E-state index in [-0.39, 0.29) is 0 Å². The van der Waals surface area contributed by atoms with E-state index in [4.69, 9.17) is 10.1 Å². The fraction of sp³-hybridized carbons (Fsp3) is 0.367. The zero-order chi connectivity index (χ0) is 26.6. The van der Waals surface area contributed by atoms with Crippen LogP contribution < -0.4 is 5.32 Å². The number of fused-ring (bicyclic) bond motifs is 3. The lowest BCUT2D eigenvalue weighted by Gasteiger charge is -2.17. The van der Waals surface area contributed by atoms with E-state index in [0.717, 1.165) is 71.8 Å². The maximum absolute atomic E-state index is 4.96. The Kier molecular flexibility index (Phi) is 7.49. The number of aryl methyl sites for hydroxylation is 4. The number of aromatic nitrogens is 6. The molecule has 38 heavy (non-hydrogen) atoms. The molecule has 1 aromatic carbocycles. The minimum Gasteiger partial charge on any atom is -0.307 e. The largest absolute Gasteiger partial charge is 0.307 e. The standard InChI is InChI=1S/C30H36N8/c1-6-20(3)15-24(18-31-4)22-10-8-9-21(16-22)17-26-28-25(35-37(26)5)12-11-23-19-32-30(34-29(23)28)33-27-13-14-38(7-2)36-27/h8-10,13-16,18-20H,6-7,11-12,17H2,1-5H3,(H,32,33,34,36)/b24-15+,31-18?. The highest BCUT2D eigenvalue weighted by Crippen LogP contribution is 2.36. The second-order valence-corrected chi connectivity index (χ2v) is 9.91. The average molecular weight is 509 g/mol. The van der Waals surface area contributed by atoms with Gasteiger partial charge in [-0.25, -0.2) is 9.97 Å². The fourth-order valence-electron chi connectivity index (χ4n) is 4.94. The first-order valence-corrected chi connectivity index (χ1v) is 13.4. The fourth-order valence-corrected chi connectivity index (χ4v) is 4.94. The van der Waals surface area contributed by atoms with E-state index in [2.05, 4.69) is 71.5 Å². The Labute approximate surface area is 224 Å². The van der Waals surface area contributed by atoms with Crippen LogP contribution >= 0.6 is 0 Å². The van der Waals surface area contributed by atoms with E-state index in [1.165, 1.54) is 11.1 Å². The molecule has 3 heterocycles. The second-order valence-electron chi connectivity index (χ2n) is 9.91. The molecule has 1 aliphatic rings. The van der Waals surface area contributed by atoms with Gasteiger partial charge >= 0.3 is 0 Å². The summed E-state index contributed by atoms with van der Waals surface area (Å²) in [6.07, 6.45) is 11.8. The van der Waals surface area contributed by atoms with E-state index < -0.39 is 0 Å². The molecule has 0 spiro atoms. The summed E-state index contributed by atoms with van der Waals surface area (Å²) in [5, 5.41) is 12.7. The molecule has 0 fully saturated rings. The van der Waals surface area contributed by atoms with E-state index in [1.54, 1.807) is 0 Å². The van der Waals surface area contributed by atoms with Gasteiger partial charge in [-0.1, -0.05) is 50.6 Å². The van der Waals surface area contributed by atoms with Gasteiger partial charge in [-0.3, -0.25) is 14.4 Å². The number of allylic oxidation sites excluding steroid dienone is 2. The lowest BCUT2D eigenvalue weighted by atomic mass is 9.91. The highest BCUT2D eigenvalue weighted by molar-refractivity contribution is 6.09. The van der Waals surface area contributed by atoms with Crippen molar-refractivity contribution in [3.63, 3.8) is 0 Å². The van der Waals surface area contributed by atoms with Crippen molar-refractivity contribution >= 4 is 23.6 Å². The van der Waals surface area contributed by atoms with Gasteiger partial charge in [0, 0.05) is 57.3 Å². The molecule has 1 atom stereocenters. The van der Waals surface area contributed by atoms with Crippen LogP contribution in [0, 0.1) is 5.92 Å². The van der Waals surface area contributed by atoms with Crippen LogP contribution in [0.4, 0.5) is 11.8 Å².